The number of nitrogens with one attached hydrogen (secondary N) is 2. The van der Waals surface area contributed by atoms with E-state index in [-0.39, 0.29) is 5.02 Å². The number of thiocarbonyl (C=S) groups is 1. The number of hydrogen-bond donors (Lipinski definition) is 1. The molecule has 0 atom stereocenters. The van der Waals surface area contributed by atoms with E-state index < -0.39 is 11.7 Å². The molecule has 0 radical (unpaired) electrons. The molecule has 1 fully saturated rings. The summed E-state index contributed by atoms with van der Waals surface area (Å²) in [5.41, 5.74) is 1.28. The number of rotatable bonds is 2. The van der Waals surface area contributed by atoms with Crippen molar-refractivity contribution in [3.63, 3.8) is 0 Å². The first-order valence-electron chi connectivity index (χ1n) is 8.40. The summed E-state index contributed by atoms with van der Waals surface area (Å²) in [6.07, 6.45) is -3.48. The lowest BCUT2D eigenvalue weighted by atomic mass is 10.2. The summed E-state index contributed by atoms with van der Waals surface area (Å²) in [6.45, 7) is 4.48. The summed E-state index contributed by atoms with van der Waals surface area (Å²) in [6, 6.07) is 8.88. The average molecular weight is 416 g/mol. The molecule has 2 heterocycles. The van der Waals surface area contributed by atoms with Gasteiger partial charge in [-0.2, -0.15) is 13.2 Å². The van der Waals surface area contributed by atoms with Crippen LogP contribution in [0.3, 0.4) is 0 Å². The van der Waals surface area contributed by atoms with Gasteiger partial charge in [-0.15, -0.1) is 0 Å². The highest BCUT2D eigenvalue weighted by Crippen LogP contribution is 2.32. The van der Waals surface area contributed by atoms with E-state index >= 15 is 0 Å². The zero-order valence-corrected chi connectivity index (χ0v) is 16.2. The van der Waals surface area contributed by atoms with E-state index in [4.69, 9.17) is 23.8 Å². The van der Waals surface area contributed by atoms with E-state index in [1.165, 1.54) is 0 Å². The third-order valence-corrected chi connectivity index (χ3v) is 5.00. The minimum absolute atomic E-state index is 0.0544. The molecular weight excluding hydrogens is 397 g/mol. The summed E-state index contributed by atoms with van der Waals surface area (Å²) in [7, 11) is 0. The number of benzene rings is 1. The number of aromatic nitrogens is 1. The Hall–Kier alpha value is -2.06. The summed E-state index contributed by atoms with van der Waals surface area (Å²) >= 11 is 11.5. The van der Waals surface area contributed by atoms with Crippen molar-refractivity contribution >= 4 is 40.4 Å². The van der Waals surface area contributed by atoms with Crippen molar-refractivity contribution in [1.29, 1.82) is 0 Å². The lowest BCUT2D eigenvalue weighted by Gasteiger charge is -2.33. The molecule has 0 saturated carbocycles. The minimum Gasteiger partial charge on any atom is -0.341 e. The van der Waals surface area contributed by atoms with Crippen LogP contribution in [0.2, 0.25) is 5.02 Å². The molecule has 9 heteroatoms. The van der Waals surface area contributed by atoms with Crippen LogP contribution in [0, 0.1) is 6.92 Å². The number of aromatic amines is 1. The molecule has 1 aliphatic heterocycles. The van der Waals surface area contributed by atoms with Crippen LogP contribution in [0.25, 0.3) is 0 Å². The first-order chi connectivity index (χ1) is 12.7. The number of alkyl halides is 3. The lowest BCUT2D eigenvalue weighted by Crippen LogP contribution is -2.51. The van der Waals surface area contributed by atoms with E-state index in [0.717, 1.165) is 23.5 Å². The standard InChI is InChI=1S/C18H18ClF3N4S/c1-12-3-2-4-14(9-12)24-17(27)26-7-5-25(6-8-26)16-15(19)10-13(11-23-16)18(20,21)22/h2-4,9-11H,5-8H2,1H3,(H,24,27)/p+1. The molecule has 1 aromatic carbocycles. The minimum atomic E-state index is -4.43. The van der Waals surface area contributed by atoms with Gasteiger partial charge in [0.05, 0.1) is 18.7 Å². The number of halogens is 4. The molecule has 0 bridgehead atoms. The van der Waals surface area contributed by atoms with Gasteiger partial charge in [-0.25, -0.2) is 4.98 Å². The Balaban J connectivity index is 1.61. The van der Waals surface area contributed by atoms with Crippen molar-refractivity contribution in [2.24, 2.45) is 0 Å². The number of nitrogens with zero attached hydrogens (tertiary/aromatic N) is 2. The molecular formula is C18H19ClF3N4S+. The predicted octanol–water partition coefficient (Wildman–Crippen LogP) is 4.00. The Morgan fingerprint density at radius 3 is 2.48 bits per heavy atom. The van der Waals surface area contributed by atoms with Crippen LogP contribution in [-0.2, 0) is 6.18 Å². The third-order valence-electron chi connectivity index (χ3n) is 4.35. The molecule has 27 heavy (non-hydrogen) atoms. The maximum atomic E-state index is 12.8. The highest BCUT2D eigenvalue weighted by molar-refractivity contribution is 7.80. The van der Waals surface area contributed by atoms with Gasteiger partial charge < -0.3 is 10.2 Å². The smallest absolute Gasteiger partial charge is 0.341 e. The number of anilines is 2. The fourth-order valence-corrected chi connectivity index (χ4v) is 3.52. The molecule has 0 amide bonds. The quantitative estimate of drug-likeness (QED) is 0.751. The molecule has 1 aliphatic rings. The molecule has 2 N–H and O–H groups in total. The molecule has 0 spiro atoms. The monoisotopic (exact) mass is 415 g/mol. The van der Waals surface area contributed by atoms with Crippen LogP contribution in [0.15, 0.2) is 36.5 Å². The average Bonchev–Trinajstić information content (AvgIpc) is 2.61. The zero-order valence-electron chi connectivity index (χ0n) is 14.6. The van der Waals surface area contributed by atoms with Crippen molar-refractivity contribution < 1.29 is 18.2 Å². The Morgan fingerprint density at radius 1 is 1.19 bits per heavy atom. The van der Waals surface area contributed by atoms with Crippen LogP contribution in [0.4, 0.5) is 24.7 Å². The summed E-state index contributed by atoms with van der Waals surface area (Å²) < 4.78 is 38.3. The van der Waals surface area contributed by atoms with E-state index in [2.05, 4.69) is 10.3 Å². The van der Waals surface area contributed by atoms with Gasteiger partial charge in [0.15, 0.2) is 5.11 Å². The second kappa shape index (κ2) is 7.90. The fourth-order valence-electron chi connectivity index (χ4n) is 2.93. The van der Waals surface area contributed by atoms with E-state index in [0.29, 0.717) is 37.1 Å². The topological polar surface area (TPSA) is 32.6 Å². The van der Waals surface area contributed by atoms with Crippen LogP contribution >= 0.6 is 23.8 Å². The Morgan fingerprint density at radius 2 is 1.89 bits per heavy atom. The number of pyridine rings is 1. The number of H-pyrrole nitrogens is 1. The van der Waals surface area contributed by atoms with Crippen LogP contribution in [0.1, 0.15) is 11.1 Å². The van der Waals surface area contributed by atoms with E-state index in [9.17, 15) is 13.2 Å². The molecule has 4 nitrogen and oxygen atoms in total. The Labute approximate surface area is 165 Å². The largest absolute Gasteiger partial charge is 0.419 e. The van der Waals surface area contributed by atoms with Gasteiger partial charge in [-0.1, -0.05) is 23.7 Å². The Kier molecular flexibility index (Phi) is 5.76. The highest BCUT2D eigenvalue weighted by atomic mass is 35.5. The van der Waals surface area contributed by atoms with Crippen molar-refractivity contribution in [3.8, 4) is 0 Å². The van der Waals surface area contributed by atoms with Gasteiger partial charge in [0.1, 0.15) is 24.3 Å². The molecule has 2 aromatic rings. The molecule has 1 aromatic heterocycles. The first-order valence-corrected chi connectivity index (χ1v) is 9.18. The van der Waals surface area contributed by atoms with Gasteiger partial charge in [0, 0.05) is 5.69 Å². The highest BCUT2D eigenvalue weighted by Gasteiger charge is 2.34. The molecule has 0 aliphatic carbocycles. The maximum absolute atomic E-state index is 12.8. The van der Waals surface area contributed by atoms with Gasteiger partial charge in [-0.3, -0.25) is 4.90 Å². The maximum Gasteiger partial charge on any atom is 0.419 e. The summed E-state index contributed by atoms with van der Waals surface area (Å²) in [5, 5.41) is 3.90. The van der Waals surface area contributed by atoms with E-state index in [1.54, 1.807) is 0 Å². The molecule has 144 valence electrons. The normalized spacial score (nSPS) is 15.0. The number of piperazine rings is 1. The first kappa shape index (κ1) is 19.7. The van der Waals surface area contributed by atoms with Gasteiger partial charge in [-0.05, 0) is 42.9 Å². The van der Waals surface area contributed by atoms with Crippen molar-refractivity contribution in [1.82, 2.24) is 4.90 Å². The van der Waals surface area contributed by atoms with Crippen molar-refractivity contribution in [2.45, 2.75) is 13.1 Å². The third kappa shape index (κ3) is 4.81. The molecule has 0 unspecified atom stereocenters. The fraction of sp³-hybridized carbons (Fsp3) is 0.333. The SMILES string of the molecule is Cc1cccc(NC(=S)N2CCN(c3[nH+]cc(C(F)(F)F)cc3Cl)CC2)c1. The molecule has 1 saturated heterocycles. The Bertz CT molecular complexity index is 836. The van der Waals surface area contributed by atoms with Crippen LogP contribution in [0.5, 0.6) is 0 Å². The predicted molar refractivity (Wildman–Crippen MR) is 104 cm³/mol. The van der Waals surface area contributed by atoms with Crippen molar-refractivity contribution in [3.05, 3.63) is 52.7 Å². The summed E-state index contributed by atoms with van der Waals surface area (Å²) in [5.74, 6) is 0.488. The van der Waals surface area contributed by atoms with Gasteiger partial charge in [0.2, 0.25) is 0 Å². The zero-order chi connectivity index (χ0) is 19.6. The second-order valence-electron chi connectivity index (χ2n) is 6.36. The van der Waals surface area contributed by atoms with Gasteiger partial charge >= 0.3 is 6.18 Å². The van der Waals surface area contributed by atoms with Crippen LogP contribution in [-0.4, -0.2) is 36.2 Å². The lowest BCUT2D eigenvalue weighted by molar-refractivity contribution is -0.367. The van der Waals surface area contributed by atoms with Gasteiger partial charge in [0.25, 0.3) is 5.82 Å². The van der Waals surface area contributed by atoms with E-state index in [1.807, 2.05) is 41.0 Å². The van der Waals surface area contributed by atoms with Crippen molar-refractivity contribution in [2.75, 3.05) is 36.4 Å². The van der Waals surface area contributed by atoms with Crippen LogP contribution < -0.4 is 15.2 Å². The summed E-state index contributed by atoms with van der Waals surface area (Å²) in [4.78, 5) is 6.64. The number of aryl methyl sites for hydroxylation is 1. The number of hydrogen-bond acceptors (Lipinski definition) is 2. The second-order valence-corrected chi connectivity index (χ2v) is 7.15. The molecule has 3 rings (SSSR count).